The average molecular weight is 197 g/mol. The summed E-state index contributed by atoms with van der Waals surface area (Å²) in [5.74, 6) is -0.795. The van der Waals surface area contributed by atoms with Crippen LogP contribution in [-0.2, 0) is 6.42 Å². The van der Waals surface area contributed by atoms with Crippen molar-refractivity contribution in [1.82, 2.24) is 5.32 Å². The van der Waals surface area contributed by atoms with Crippen molar-refractivity contribution in [3.63, 3.8) is 0 Å². The van der Waals surface area contributed by atoms with E-state index in [0.29, 0.717) is 5.92 Å². The van der Waals surface area contributed by atoms with E-state index in [9.17, 15) is 8.78 Å². The Morgan fingerprint density at radius 1 is 1.21 bits per heavy atom. The van der Waals surface area contributed by atoms with E-state index in [4.69, 9.17) is 0 Å². The molecule has 0 unspecified atom stereocenters. The number of hydrogen-bond donors (Lipinski definition) is 1. The van der Waals surface area contributed by atoms with Crippen LogP contribution in [0.5, 0.6) is 0 Å². The summed E-state index contributed by atoms with van der Waals surface area (Å²) in [5.41, 5.74) is 0.885. The first-order valence-corrected chi connectivity index (χ1v) is 4.90. The van der Waals surface area contributed by atoms with E-state index in [1.807, 2.05) is 0 Å². The van der Waals surface area contributed by atoms with Gasteiger partial charge in [0.05, 0.1) is 0 Å². The molecule has 0 spiro atoms. The topological polar surface area (TPSA) is 12.0 Å². The minimum absolute atomic E-state index is 0.711. The largest absolute Gasteiger partial charge is 0.316 e. The van der Waals surface area contributed by atoms with Gasteiger partial charge in [0.15, 0.2) is 11.6 Å². The molecule has 1 aliphatic heterocycles. The zero-order chi connectivity index (χ0) is 9.97. The molecule has 1 aliphatic rings. The predicted molar refractivity (Wildman–Crippen MR) is 51.0 cm³/mol. The highest BCUT2D eigenvalue weighted by atomic mass is 19.2. The Balaban J connectivity index is 1.91. The van der Waals surface area contributed by atoms with Crippen molar-refractivity contribution >= 4 is 0 Å². The number of benzene rings is 1. The molecule has 1 aromatic carbocycles. The number of nitrogens with one attached hydrogen (secondary N) is 1. The third kappa shape index (κ3) is 2.10. The molecule has 3 heteroatoms. The quantitative estimate of drug-likeness (QED) is 0.782. The summed E-state index contributed by atoms with van der Waals surface area (Å²) in [6.07, 6.45) is 1.89. The molecule has 1 fully saturated rings. The van der Waals surface area contributed by atoms with Crippen LogP contribution in [0.2, 0.25) is 0 Å². The van der Waals surface area contributed by atoms with Crippen LogP contribution in [0.25, 0.3) is 0 Å². The van der Waals surface area contributed by atoms with E-state index in [0.717, 1.165) is 31.5 Å². The fourth-order valence-corrected chi connectivity index (χ4v) is 1.62. The standard InChI is InChI=1S/C11H13F2N/c12-10-4-3-8(5-11(10)13)1-2-9-6-14-7-9/h3-5,9,14H,1-2,6-7H2. The van der Waals surface area contributed by atoms with Gasteiger partial charge in [-0.3, -0.25) is 0 Å². The second-order valence-electron chi connectivity index (χ2n) is 3.81. The van der Waals surface area contributed by atoms with Gasteiger partial charge in [-0.2, -0.15) is 0 Å². The summed E-state index contributed by atoms with van der Waals surface area (Å²) >= 11 is 0. The zero-order valence-corrected chi connectivity index (χ0v) is 7.89. The lowest BCUT2D eigenvalue weighted by molar-refractivity contribution is 0.327. The van der Waals surface area contributed by atoms with Crippen molar-refractivity contribution in [3.8, 4) is 0 Å². The van der Waals surface area contributed by atoms with Gasteiger partial charge in [0, 0.05) is 0 Å². The molecule has 0 radical (unpaired) electrons. The Hall–Kier alpha value is -0.960. The summed E-state index contributed by atoms with van der Waals surface area (Å²) < 4.78 is 25.4. The number of halogens is 2. The maximum absolute atomic E-state index is 12.8. The van der Waals surface area contributed by atoms with Gasteiger partial charge in [0.1, 0.15) is 0 Å². The van der Waals surface area contributed by atoms with Gasteiger partial charge in [0.2, 0.25) is 0 Å². The van der Waals surface area contributed by atoms with Crippen molar-refractivity contribution < 1.29 is 8.78 Å². The SMILES string of the molecule is Fc1ccc(CCC2CNC2)cc1F. The summed E-state index contributed by atoms with van der Waals surface area (Å²) in [6, 6.07) is 4.15. The molecule has 1 N–H and O–H groups in total. The summed E-state index contributed by atoms with van der Waals surface area (Å²) in [6.45, 7) is 2.12. The predicted octanol–water partition coefficient (Wildman–Crippen LogP) is 2.12. The molecule has 0 saturated carbocycles. The first-order chi connectivity index (χ1) is 6.75. The van der Waals surface area contributed by atoms with Gasteiger partial charge in [-0.1, -0.05) is 6.07 Å². The second-order valence-corrected chi connectivity index (χ2v) is 3.81. The molecule has 1 aromatic rings. The smallest absolute Gasteiger partial charge is 0.159 e. The Morgan fingerprint density at radius 2 is 2.00 bits per heavy atom. The zero-order valence-electron chi connectivity index (χ0n) is 7.89. The average Bonchev–Trinajstić information content (AvgIpc) is 2.08. The third-order valence-electron chi connectivity index (χ3n) is 2.69. The van der Waals surface area contributed by atoms with E-state index >= 15 is 0 Å². The lowest BCUT2D eigenvalue weighted by Crippen LogP contribution is -2.42. The van der Waals surface area contributed by atoms with Crippen molar-refractivity contribution in [3.05, 3.63) is 35.4 Å². The maximum atomic E-state index is 12.8. The van der Waals surface area contributed by atoms with Crippen molar-refractivity contribution in [2.24, 2.45) is 5.92 Å². The van der Waals surface area contributed by atoms with E-state index < -0.39 is 11.6 Å². The van der Waals surface area contributed by atoms with Crippen LogP contribution >= 0.6 is 0 Å². The third-order valence-corrected chi connectivity index (χ3v) is 2.69. The van der Waals surface area contributed by atoms with Gasteiger partial charge < -0.3 is 5.32 Å². The molecule has 76 valence electrons. The van der Waals surface area contributed by atoms with Gasteiger partial charge in [-0.25, -0.2) is 8.78 Å². The Bertz CT molecular complexity index is 321. The second kappa shape index (κ2) is 4.05. The Labute approximate surface area is 82.1 Å². The molecule has 0 aliphatic carbocycles. The van der Waals surface area contributed by atoms with E-state index in [2.05, 4.69) is 5.32 Å². The highest BCUT2D eigenvalue weighted by Crippen LogP contribution is 2.15. The van der Waals surface area contributed by atoms with Crippen molar-refractivity contribution in [2.75, 3.05) is 13.1 Å². The van der Waals surface area contributed by atoms with Crippen LogP contribution in [0.1, 0.15) is 12.0 Å². The number of hydrogen-bond acceptors (Lipinski definition) is 1. The lowest BCUT2D eigenvalue weighted by Gasteiger charge is -2.26. The van der Waals surface area contributed by atoms with E-state index in [-0.39, 0.29) is 0 Å². The fourth-order valence-electron chi connectivity index (χ4n) is 1.62. The van der Waals surface area contributed by atoms with Crippen LogP contribution < -0.4 is 5.32 Å². The van der Waals surface area contributed by atoms with Gasteiger partial charge >= 0.3 is 0 Å². The van der Waals surface area contributed by atoms with Crippen LogP contribution in [-0.4, -0.2) is 13.1 Å². The monoisotopic (exact) mass is 197 g/mol. The molecule has 0 amide bonds. The highest BCUT2D eigenvalue weighted by Gasteiger charge is 2.16. The molecule has 0 bridgehead atoms. The summed E-state index contributed by atoms with van der Waals surface area (Å²) in [5, 5.41) is 3.18. The fraction of sp³-hybridized carbons (Fsp3) is 0.455. The number of aryl methyl sites for hydroxylation is 1. The molecule has 0 atom stereocenters. The van der Waals surface area contributed by atoms with Crippen LogP contribution in [0.4, 0.5) is 8.78 Å². The molecule has 0 aromatic heterocycles. The summed E-state index contributed by atoms with van der Waals surface area (Å²) in [7, 11) is 0. The van der Waals surface area contributed by atoms with Gasteiger partial charge in [0.25, 0.3) is 0 Å². The Morgan fingerprint density at radius 3 is 2.57 bits per heavy atom. The first kappa shape index (κ1) is 9.59. The normalized spacial score (nSPS) is 16.7. The molecule has 1 saturated heterocycles. The van der Waals surface area contributed by atoms with Crippen molar-refractivity contribution in [1.29, 1.82) is 0 Å². The first-order valence-electron chi connectivity index (χ1n) is 4.90. The Kier molecular flexibility index (Phi) is 2.77. The van der Waals surface area contributed by atoms with E-state index in [1.54, 1.807) is 6.07 Å². The molecule has 1 heterocycles. The molecule has 14 heavy (non-hydrogen) atoms. The maximum Gasteiger partial charge on any atom is 0.159 e. The van der Waals surface area contributed by atoms with Crippen LogP contribution in [0, 0.1) is 17.6 Å². The lowest BCUT2D eigenvalue weighted by atomic mass is 9.95. The van der Waals surface area contributed by atoms with Gasteiger partial charge in [-0.15, -0.1) is 0 Å². The molecule has 2 rings (SSSR count). The molecular weight excluding hydrogens is 184 g/mol. The van der Waals surface area contributed by atoms with Gasteiger partial charge in [-0.05, 0) is 49.5 Å². The highest BCUT2D eigenvalue weighted by molar-refractivity contribution is 5.17. The van der Waals surface area contributed by atoms with Crippen molar-refractivity contribution in [2.45, 2.75) is 12.8 Å². The summed E-state index contributed by atoms with van der Waals surface area (Å²) in [4.78, 5) is 0. The minimum Gasteiger partial charge on any atom is -0.316 e. The van der Waals surface area contributed by atoms with Crippen LogP contribution in [0.15, 0.2) is 18.2 Å². The minimum atomic E-state index is -0.765. The molecular formula is C11H13F2N. The van der Waals surface area contributed by atoms with E-state index in [1.165, 1.54) is 12.1 Å². The number of rotatable bonds is 3. The molecule has 1 nitrogen and oxygen atoms in total. The van der Waals surface area contributed by atoms with Crippen LogP contribution in [0.3, 0.4) is 0 Å².